The van der Waals surface area contributed by atoms with Gasteiger partial charge < -0.3 is 20.9 Å². The Labute approximate surface area is 113 Å². The number of benzene rings is 1. The predicted octanol–water partition coefficient (Wildman–Crippen LogP) is 0.374. The zero-order valence-electron chi connectivity index (χ0n) is 11.4. The molecular weight excluding hydrogens is 244 g/mol. The number of carbonyl (C=O) groups is 1. The fourth-order valence-electron chi connectivity index (χ4n) is 1.73. The van der Waals surface area contributed by atoms with Crippen molar-refractivity contribution in [2.75, 3.05) is 20.3 Å². The second-order valence-corrected chi connectivity index (χ2v) is 4.72. The molecule has 5 nitrogen and oxygen atoms in total. The van der Waals surface area contributed by atoms with Crippen molar-refractivity contribution in [3.8, 4) is 0 Å². The molecule has 5 heteroatoms. The highest BCUT2D eigenvalue weighted by Crippen LogP contribution is 2.17. The summed E-state index contributed by atoms with van der Waals surface area (Å²) in [5.74, 6) is -0.261. The van der Waals surface area contributed by atoms with Gasteiger partial charge in [-0.05, 0) is 18.9 Å². The third kappa shape index (κ3) is 4.63. The topological polar surface area (TPSA) is 84.6 Å². The third-order valence-electron chi connectivity index (χ3n) is 2.97. The maximum atomic E-state index is 12.1. The molecule has 2 unspecified atom stereocenters. The molecular formula is C14H22N2O3. The number of aliphatic hydroxyl groups excluding tert-OH is 1. The van der Waals surface area contributed by atoms with E-state index < -0.39 is 11.6 Å². The van der Waals surface area contributed by atoms with Crippen LogP contribution < -0.4 is 11.1 Å². The van der Waals surface area contributed by atoms with E-state index in [4.69, 9.17) is 10.5 Å². The van der Waals surface area contributed by atoms with Crippen LogP contribution in [0.15, 0.2) is 30.3 Å². The summed E-state index contributed by atoms with van der Waals surface area (Å²) in [6.45, 7) is 2.29. The van der Waals surface area contributed by atoms with Crippen molar-refractivity contribution >= 4 is 5.91 Å². The molecule has 106 valence electrons. The van der Waals surface area contributed by atoms with Gasteiger partial charge in [-0.25, -0.2) is 0 Å². The van der Waals surface area contributed by atoms with Gasteiger partial charge in [-0.1, -0.05) is 30.3 Å². The summed E-state index contributed by atoms with van der Waals surface area (Å²) in [6.07, 6.45) is -0.143. The smallest absolute Gasteiger partial charge is 0.244 e. The summed E-state index contributed by atoms with van der Waals surface area (Å²) in [4.78, 5) is 12.1. The molecule has 0 aliphatic carbocycles. The standard InChI is InChI=1S/C14H22N2O3/c1-14(15,11-6-4-3-5-7-11)13(18)16-9-8-12(17)10-19-2/h3-7,12,17H,8-10,15H2,1-2H3,(H,16,18). The van der Waals surface area contributed by atoms with Crippen molar-refractivity contribution in [2.45, 2.75) is 25.0 Å². The van der Waals surface area contributed by atoms with Crippen LogP contribution in [-0.4, -0.2) is 37.4 Å². The Bertz CT molecular complexity index is 393. The number of hydrogen-bond donors (Lipinski definition) is 3. The number of nitrogens with one attached hydrogen (secondary N) is 1. The van der Waals surface area contributed by atoms with E-state index in [-0.39, 0.29) is 12.5 Å². The first kappa shape index (κ1) is 15.6. The number of carbonyl (C=O) groups excluding carboxylic acids is 1. The van der Waals surface area contributed by atoms with Crippen LogP contribution in [0.3, 0.4) is 0 Å². The highest BCUT2D eigenvalue weighted by Gasteiger charge is 2.29. The molecule has 1 amide bonds. The van der Waals surface area contributed by atoms with E-state index in [1.54, 1.807) is 6.92 Å². The lowest BCUT2D eigenvalue weighted by Gasteiger charge is -2.24. The number of rotatable bonds is 7. The van der Waals surface area contributed by atoms with E-state index in [0.29, 0.717) is 13.0 Å². The molecule has 19 heavy (non-hydrogen) atoms. The second-order valence-electron chi connectivity index (χ2n) is 4.72. The van der Waals surface area contributed by atoms with Crippen LogP contribution in [-0.2, 0) is 15.1 Å². The minimum Gasteiger partial charge on any atom is -0.391 e. The number of hydrogen-bond acceptors (Lipinski definition) is 4. The van der Waals surface area contributed by atoms with Crippen molar-refractivity contribution in [3.63, 3.8) is 0 Å². The predicted molar refractivity (Wildman–Crippen MR) is 73.5 cm³/mol. The minimum absolute atomic E-state index is 0.258. The van der Waals surface area contributed by atoms with Crippen LogP contribution in [0.2, 0.25) is 0 Å². The van der Waals surface area contributed by atoms with E-state index in [2.05, 4.69) is 5.32 Å². The van der Waals surface area contributed by atoms with Crippen molar-refractivity contribution in [3.05, 3.63) is 35.9 Å². The van der Waals surface area contributed by atoms with Gasteiger partial charge in [0, 0.05) is 13.7 Å². The third-order valence-corrected chi connectivity index (χ3v) is 2.97. The molecule has 4 N–H and O–H groups in total. The van der Waals surface area contributed by atoms with Gasteiger partial charge in [0.1, 0.15) is 5.54 Å². The molecule has 0 spiro atoms. The van der Waals surface area contributed by atoms with E-state index in [1.165, 1.54) is 7.11 Å². The van der Waals surface area contributed by atoms with Crippen LogP contribution in [0.4, 0.5) is 0 Å². The normalized spacial score (nSPS) is 15.6. The summed E-state index contributed by atoms with van der Waals surface area (Å²) in [6, 6.07) is 9.20. The van der Waals surface area contributed by atoms with Crippen molar-refractivity contribution in [1.29, 1.82) is 0 Å². The van der Waals surface area contributed by atoms with Crippen LogP contribution in [0.25, 0.3) is 0 Å². The molecule has 0 aliphatic rings. The van der Waals surface area contributed by atoms with E-state index in [9.17, 15) is 9.90 Å². The molecule has 0 saturated heterocycles. The number of aliphatic hydroxyl groups is 1. The van der Waals surface area contributed by atoms with Crippen LogP contribution in [0, 0.1) is 0 Å². The number of amides is 1. The van der Waals surface area contributed by atoms with E-state index >= 15 is 0 Å². The maximum Gasteiger partial charge on any atom is 0.244 e. The van der Waals surface area contributed by atoms with Gasteiger partial charge >= 0.3 is 0 Å². The van der Waals surface area contributed by atoms with Gasteiger partial charge in [0.25, 0.3) is 0 Å². The quantitative estimate of drug-likeness (QED) is 0.666. The van der Waals surface area contributed by atoms with Gasteiger partial charge in [0.05, 0.1) is 12.7 Å². The van der Waals surface area contributed by atoms with Crippen LogP contribution in [0.1, 0.15) is 18.9 Å². The highest BCUT2D eigenvalue weighted by atomic mass is 16.5. The van der Waals surface area contributed by atoms with Crippen LogP contribution >= 0.6 is 0 Å². The first-order valence-electron chi connectivity index (χ1n) is 6.28. The lowest BCUT2D eigenvalue weighted by molar-refractivity contribution is -0.126. The lowest BCUT2D eigenvalue weighted by Crippen LogP contribution is -2.49. The van der Waals surface area contributed by atoms with E-state index in [0.717, 1.165) is 5.56 Å². The Kier molecular flexibility index (Phi) is 5.95. The number of nitrogens with two attached hydrogens (primary N) is 1. The molecule has 0 aliphatic heterocycles. The first-order chi connectivity index (χ1) is 8.98. The Balaban J connectivity index is 2.49. The maximum absolute atomic E-state index is 12.1. The average molecular weight is 266 g/mol. The van der Waals surface area contributed by atoms with Gasteiger partial charge in [0.2, 0.25) is 5.91 Å². The van der Waals surface area contributed by atoms with Gasteiger partial charge in [0.15, 0.2) is 0 Å². The molecule has 0 fully saturated rings. The van der Waals surface area contributed by atoms with Crippen molar-refractivity contribution < 1.29 is 14.6 Å². The summed E-state index contributed by atoms with van der Waals surface area (Å²) in [5, 5.41) is 12.2. The first-order valence-corrected chi connectivity index (χ1v) is 6.28. The molecule has 0 radical (unpaired) electrons. The summed E-state index contributed by atoms with van der Waals surface area (Å²) < 4.78 is 4.81. The number of ether oxygens (including phenoxy) is 1. The fraction of sp³-hybridized carbons (Fsp3) is 0.500. The minimum atomic E-state index is -1.08. The molecule has 1 aromatic carbocycles. The second kappa shape index (κ2) is 7.23. The molecule has 0 heterocycles. The Hall–Kier alpha value is -1.43. The fourth-order valence-corrected chi connectivity index (χ4v) is 1.73. The highest BCUT2D eigenvalue weighted by molar-refractivity contribution is 5.86. The molecule has 0 aromatic heterocycles. The number of methoxy groups -OCH3 is 1. The van der Waals surface area contributed by atoms with Gasteiger partial charge in [-0.15, -0.1) is 0 Å². The molecule has 1 aromatic rings. The summed E-state index contributed by atoms with van der Waals surface area (Å²) >= 11 is 0. The van der Waals surface area contributed by atoms with Gasteiger partial charge in [-0.2, -0.15) is 0 Å². The van der Waals surface area contributed by atoms with E-state index in [1.807, 2.05) is 30.3 Å². The SMILES string of the molecule is COCC(O)CCNC(=O)C(C)(N)c1ccccc1. The summed E-state index contributed by atoms with van der Waals surface area (Å²) in [7, 11) is 1.52. The lowest BCUT2D eigenvalue weighted by atomic mass is 9.92. The molecule has 0 saturated carbocycles. The molecule has 2 atom stereocenters. The Morgan fingerprint density at radius 2 is 2.11 bits per heavy atom. The van der Waals surface area contributed by atoms with Crippen LogP contribution in [0.5, 0.6) is 0 Å². The molecule has 0 bridgehead atoms. The summed E-state index contributed by atoms with van der Waals surface area (Å²) in [5.41, 5.74) is 5.74. The average Bonchev–Trinajstić information content (AvgIpc) is 2.40. The van der Waals surface area contributed by atoms with Crippen molar-refractivity contribution in [2.24, 2.45) is 5.73 Å². The Morgan fingerprint density at radius 1 is 1.47 bits per heavy atom. The Morgan fingerprint density at radius 3 is 2.68 bits per heavy atom. The zero-order valence-corrected chi connectivity index (χ0v) is 11.4. The zero-order chi connectivity index (χ0) is 14.3. The monoisotopic (exact) mass is 266 g/mol. The largest absolute Gasteiger partial charge is 0.391 e. The van der Waals surface area contributed by atoms with Gasteiger partial charge in [-0.3, -0.25) is 4.79 Å². The van der Waals surface area contributed by atoms with Crippen molar-refractivity contribution in [1.82, 2.24) is 5.32 Å². The molecule has 1 rings (SSSR count).